The van der Waals surface area contributed by atoms with Crippen LogP contribution in [0.3, 0.4) is 0 Å². The number of hydrogen-bond donors (Lipinski definition) is 1. The zero-order valence-electron chi connectivity index (χ0n) is 15.5. The molecule has 3 atom stereocenters. The van der Waals surface area contributed by atoms with Crippen LogP contribution in [0.4, 0.5) is 0 Å². The standard InChI is InChI=1S/C19H28N2O4S/c1-3-13-8-17(6-7-18(13)24-2)26(22,23)20-15-9-16-12-25-19(14-4-5-14)11-21(16)10-15/h6-8,14-16,19-20H,3-5,9-12H2,1-2H3/t15-,16+,19-/m1/s1. The molecule has 0 bridgehead atoms. The van der Waals surface area contributed by atoms with Crippen molar-refractivity contribution in [1.82, 2.24) is 9.62 Å². The number of nitrogens with zero attached hydrogens (tertiary/aromatic N) is 1. The number of sulfonamides is 1. The molecule has 26 heavy (non-hydrogen) atoms. The molecule has 144 valence electrons. The summed E-state index contributed by atoms with van der Waals surface area (Å²) >= 11 is 0. The largest absolute Gasteiger partial charge is 0.496 e. The maximum absolute atomic E-state index is 12.8. The summed E-state index contributed by atoms with van der Waals surface area (Å²) in [7, 11) is -1.93. The fourth-order valence-electron chi connectivity index (χ4n) is 4.22. The summed E-state index contributed by atoms with van der Waals surface area (Å²) in [6.07, 6.45) is 4.43. The predicted molar refractivity (Wildman–Crippen MR) is 98.9 cm³/mol. The first-order chi connectivity index (χ1) is 12.5. The van der Waals surface area contributed by atoms with Gasteiger partial charge in [0.2, 0.25) is 10.0 Å². The zero-order valence-corrected chi connectivity index (χ0v) is 16.3. The van der Waals surface area contributed by atoms with Crippen LogP contribution in [0, 0.1) is 5.92 Å². The van der Waals surface area contributed by atoms with Crippen LogP contribution in [0.5, 0.6) is 5.75 Å². The van der Waals surface area contributed by atoms with Crippen molar-refractivity contribution in [3.8, 4) is 5.75 Å². The highest BCUT2D eigenvalue weighted by molar-refractivity contribution is 7.89. The lowest BCUT2D eigenvalue weighted by Gasteiger charge is -2.35. The Labute approximate surface area is 155 Å². The Kier molecular flexibility index (Phi) is 4.98. The summed E-state index contributed by atoms with van der Waals surface area (Å²) in [6, 6.07) is 5.35. The number of hydrogen-bond acceptors (Lipinski definition) is 5. The number of nitrogens with one attached hydrogen (secondary N) is 1. The van der Waals surface area contributed by atoms with Crippen molar-refractivity contribution in [2.45, 2.75) is 55.7 Å². The van der Waals surface area contributed by atoms with Crippen molar-refractivity contribution >= 4 is 10.0 Å². The highest BCUT2D eigenvalue weighted by Crippen LogP contribution is 2.38. The molecule has 7 heteroatoms. The van der Waals surface area contributed by atoms with Gasteiger partial charge in [0.25, 0.3) is 0 Å². The molecule has 6 nitrogen and oxygen atoms in total. The van der Waals surface area contributed by atoms with Gasteiger partial charge in [-0.1, -0.05) is 6.92 Å². The van der Waals surface area contributed by atoms with Crippen LogP contribution in [-0.4, -0.2) is 58.3 Å². The molecule has 2 aliphatic heterocycles. The second kappa shape index (κ2) is 7.11. The van der Waals surface area contributed by atoms with Gasteiger partial charge < -0.3 is 9.47 Å². The summed E-state index contributed by atoms with van der Waals surface area (Å²) < 4.78 is 39.9. The molecule has 0 spiro atoms. The normalized spacial score (nSPS) is 29.5. The second-order valence-electron chi connectivity index (χ2n) is 7.70. The van der Waals surface area contributed by atoms with Crippen molar-refractivity contribution < 1.29 is 17.9 Å². The minimum Gasteiger partial charge on any atom is -0.496 e. The number of morpholine rings is 1. The topological polar surface area (TPSA) is 67.9 Å². The number of aryl methyl sites for hydroxylation is 1. The Balaban J connectivity index is 1.43. The lowest BCUT2D eigenvalue weighted by atomic mass is 10.1. The van der Waals surface area contributed by atoms with Crippen LogP contribution in [-0.2, 0) is 21.2 Å². The van der Waals surface area contributed by atoms with Crippen molar-refractivity contribution in [1.29, 1.82) is 0 Å². The van der Waals surface area contributed by atoms with E-state index in [2.05, 4.69) is 9.62 Å². The maximum atomic E-state index is 12.8. The average Bonchev–Trinajstić information content (AvgIpc) is 3.41. The Morgan fingerprint density at radius 1 is 1.31 bits per heavy atom. The monoisotopic (exact) mass is 380 g/mol. The quantitative estimate of drug-likeness (QED) is 0.815. The molecule has 0 amide bonds. The Hall–Kier alpha value is -1.15. The molecule has 0 aromatic heterocycles. The van der Waals surface area contributed by atoms with E-state index in [1.165, 1.54) is 12.8 Å². The molecule has 1 aromatic rings. The predicted octanol–water partition coefficient (Wildman–Crippen LogP) is 1.79. The van der Waals surface area contributed by atoms with E-state index < -0.39 is 10.0 Å². The number of ether oxygens (including phenoxy) is 2. The summed E-state index contributed by atoms with van der Waals surface area (Å²) in [6.45, 7) is 4.43. The third kappa shape index (κ3) is 3.63. The third-order valence-electron chi connectivity index (χ3n) is 5.86. The number of benzene rings is 1. The molecule has 1 saturated carbocycles. The number of methoxy groups -OCH3 is 1. The molecule has 1 aliphatic carbocycles. The van der Waals surface area contributed by atoms with Gasteiger partial charge in [-0.25, -0.2) is 13.1 Å². The van der Waals surface area contributed by atoms with Gasteiger partial charge in [-0.2, -0.15) is 0 Å². The number of fused-ring (bicyclic) bond motifs is 1. The van der Waals surface area contributed by atoms with E-state index in [0.717, 1.165) is 49.8 Å². The molecule has 3 fully saturated rings. The van der Waals surface area contributed by atoms with Gasteiger partial charge in [0, 0.05) is 25.2 Å². The highest BCUT2D eigenvalue weighted by Gasteiger charge is 2.43. The Bertz CT molecular complexity index is 763. The first-order valence-corrected chi connectivity index (χ1v) is 11.0. The van der Waals surface area contributed by atoms with Gasteiger partial charge in [-0.15, -0.1) is 0 Å². The first kappa shape index (κ1) is 18.2. The van der Waals surface area contributed by atoms with E-state index >= 15 is 0 Å². The highest BCUT2D eigenvalue weighted by atomic mass is 32.2. The molecule has 0 radical (unpaired) electrons. The molecule has 1 N–H and O–H groups in total. The average molecular weight is 381 g/mol. The fourth-order valence-corrected chi connectivity index (χ4v) is 5.51. The Morgan fingerprint density at radius 3 is 2.81 bits per heavy atom. The molecular weight excluding hydrogens is 352 g/mol. The van der Waals surface area contributed by atoms with E-state index in [0.29, 0.717) is 17.0 Å². The van der Waals surface area contributed by atoms with E-state index in [1.54, 1.807) is 25.3 Å². The van der Waals surface area contributed by atoms with Crippen LogP contribution in [0.25, 0.3) is 0 Å². The number of rotatable bonds is 6. The summed E-state index contributed by atoms with van der Waals surface area (Å²) in [5, 5.41) is 0. The molecule has 2 heterocycles. The third-order valence-corrected chi connectivity index (χ3v) is 7.38. The van der Waals surface area contributed by atoms with Gasteiger partial charge in [0.15, 0.2) is 0 Å². The van der Waals surface area contributed by atoms with Crippen molar-refractivity contribution in [3.63, 3.8) is 0 Å². The van der Waals surface area contributed by atoms with Crippen molar-refractivity contribution in [2.24, 2.45) is 5.92 Å². The van der Waals surface area contributed by atoms with E-state index in [9.17, 15) is 8.42 Å². The minimum atomic E-state index is -3.53. The van der Waals surface area contributed by atoms with Crippen LogP contribution in [0.2, 0.25) is 0 Å². The van der Waals surface area contributed by atoms with Gasteiger partial charge in [0.1, 0.15) is 5.75 Å². The lowest BCUT2D eigenvalue weighted by molar-refractivity contribution is -0.0581. The van der Waals surface area contributed by atoms with E-state index in [4.69, 9.17) is 9.47 Å². The van der Waals surface area contributed by atoms with Crippen molar-refractivity contribution in [2.75, 3.05) is 26.8 Å². The second-order valence-corrected chi connectivity index (χ2v) is 9.41. The molecule has 1 aromatic carbocycles. The van der Waals surface area contributed by atoms with Crippen LogP contribution in [0.1, 0.15) is 31.7 Å². The lowest BCUT2D eigenvalue weighted by Crippen LogP contribution is -2.47. The molecule has 2 saturated heterocycles. The van der Waals surface area contributed by atoms with Crippen LogP contribution < -0.4 is 9.46 Å². The summed E-state index contributed by atoms with van der Waals surface area (Å²) in [5.41, 5.74) is 0.903. The minimum absolute atomic E-state index is 0.0567. The van der Waals surface area contributed by atoms with E-state index in [1.807, 2.05) is 6.92 Å². The summed E-state index contributed by atoms with van der Waals surface area (Å²) in [5.74, 6) is 1.45. The SMILES string of the molecule is CCc1cc(S(=O)(=O)N[C@@H]2C[C@H]3CO[C@@H](C4CC4)CN3C2)ccc1OC. The van der Waals surface area contributed by atoms with Gasteiger partial charge in [-0.05, 0) is 55.4 Å². The van der Waals surface area contributed by atoms with Gasteiger partial charge >= 0.3 is 0 Å². The van der Waals surface area contributed by atoms with Gasteiger partial charge in [-0.3, -0.25) is 4.90 Å². The van der Waals surface area contributed by atoms with Gasteiger partial charge in [0.05, 0.1) is 24.7 Å². The molecule has 0 unspecified atom stereocenters. The van der Waals surface area contributed by atoms with E-state index in [-0.39, 0.29) is 6.04 Å². The van der Waals surface area contributed by atoms with Crippen LogP contribution >= 0.6 is 0 Å². The molecule has 4 rings (SSSR count). The molecule has 3 aliphatic rings. The Morgan fingerprint density at radius 2 is 2.12 bits per heavy atom. The zero-order chi connectivity index (χ0) is 18.3. The maximum Gasteiger partial charge on any atom is 0.240 e. The van der Waals surface area contributed by atoms with Crippen LogP contribution in [0.15, 0.2) is 23.1 Å². The fraction of sp³-hybridized carbons (Fsp3) is 0.684. The summed E-state index contributed by atoms with van der Waals surface area (Å²) in [4.78, 5) is 2.72. The van der Waals surface area contributed by atoms with Crippen molar-refractivity contribution in [3.05, 3.63) is 23.8 Å². The smallest absolute Gasteiger partial charge is 0.240 e. The first-order valence-electron chi connectivity index (χ1n) is 9.55. The molecular formula is C19H28N2O4S.